The van der Waals surface area contributed by atoms with Crippen LogP contribution in [-0.4, -0.2) is 9.78 Å². The van der Waals surface area contributed by atoms with Crippen LogP contribution < -0.4 is 14.9 Å². The van der Waals surface area contributed by atoms with Crippen LogP contribution in [0.4, 0.5) is 0 Å². The smallest absolute Gasteiger partial charge is 0.285 e. The predicted octanol–water partition coefficient (Wildman–Crippen LogP) is 6.22. The van der Waals surface area contributed by atoms with Crippen LogP contribution in [-0.2, 0) is 13.0 Å². The topological polar surface area (TPSA) is 53.4 Å². The molecule has 1 aromatic heterocycles. The lowest BCUT2D eigenvalue weighted by atomic mass is 10.1. The molecule has 0 saturated heterocycles. The fourth-order valence-corrected chi connectivity index (χ4v) is 3.40. The van der Waals surface area contributed by atoms with Gasteiger partial charge in [-0.25, -0.2) is 4.68 Å². The predicted molar refractivity (Wildman–Crippen MR) is 126 cm³/mol. The zero-order chi connectivity index (χ0) is 22.2. The SMILES string of the molecule is CCCCc1c(Oc2ccccc2)n(Cc2ccccc2)nc(Oc2ccccc2)c1=O. The number of nitrogens with zero attached hydrogens (tertiary/aromatic N) is 2. The molecule has 0 N–H and O–H groups in total. The lowest BCUT2D eigenvalue weighted by molar-refractivity contribution is 0.373. The van der Waals surface area contributed by atoms with Gasteiger partial charge in [-0.3, -0.25) is 4.79 Å². The standard InChI is InChI=1S/C27H26N2O3/c1-2-3-19-24-25(30)26(31-22-15-9-5-10-16-22)28-29(20-21-13-7-4-8-14-21)27(24)32-23-17-11-6-12-18-23/h4-18H,2-3,19-20H2,1H3. The Morgan fingerprint density at radius 1 is 0.781 bits per heavy atom. The Kier molecular flexibility index (Phi) is 6.98. The molecule has 0 fully saturated rings. The molecule has 0 unspecified atom stereocenters. The van der Waals surface area contributed by atoms with E-state index in [4.69, 9.17) is 9.47 Å². The van der Waals surface area contributed by atoms with E-state index in [1.807, 2.05) is 91.0 Å². The van der Waals surface area contributed by atoms with Gasteiger partial charge in [-0.05, 0) is 42.7 Å². The second-order valence-electron chi connectivity index (χ2n) is 7.50. The Labute approximate surface area is 187 Å². The summed E-state index contributed by atoms with van der Waals surface area (Å²) in [5, 5.41) is 4.58. The molecule has 5 heteroatoms. The minimum absolute atomic E-state index is 0.0543. The summed E-state index contributed by atoms with van der Waals surface area (Å²) in [6.07, 6.45) is 2.40. The van der Waals surface area contributed by atoms with E-state index in [1.54, 1.807) is 4.68 Å². The lowest BCUT2D eigenvalue weighted by Crippen LogP contribution is -2.22. The molecule has 4 rings (SSSR count). The Morgan fingerprint density at radius 3 is 1.94 bits per heavy atom. The normalized spacial score (nSPS) is 10.7. The quantitative estimate of drug-likeness (QED) is 0.319. The van der Waals surface area contributed by atoms with Gasteiger partial charge in [-0.15, -0.1) is 5.10 Å². The zero-order valence-corrected chi connectivity index (χ0v) is 18.1. The summed E-state index contributed by atoms with van der Waals surface area (Å²) in [6.45, 7) is 2.55. The van der Waals surface area contributed by atoms with Gasteiger partial charge in [-0.2, -0.15) is 0 Å². The number of hydrogen-bond acceptors (Lipinski definition) is 4. The fraction of sp³-hybridized carbons (Fsp3) is 0.185. The average Bonchev–Trinajstić information content (AvgIpc) is 2.83. The number of rotatable bonds is 9. The first-order chi connectivity index (χ1) is 15.7. The maximum atomic E-state index is 13.4. The van der Waals surface area contributed by atoms with E-state index >= 15 is 0 Å². The molecule has 162 valence electrons. The molecule has 0 aliphatic carbocycles. The van der Waals surface area contributed by atoms with Crippen molar-refractivity contribution in [3.63, 3.8) is 0 Å². The molecule has 0 amide bonds. The summed E-state index contributed by atoms with van der Waals surface area (Å²) < 4.78 is 13.9. The minimum atomic E-state index is -0.238. The lowest BCUT2D eigenvalue weighted by Gasteiger charge is -2.18. The fourth-order valence-electron chi connectivity index (χ4n) is 3.40. The first kappa shape index (κ1) is 21.4. The summed E-state index contributed by atoms with van der Waals surface area (Å²) in [4.78, 5) is 13.4. The number of hydrogen-bond donors (Lipinski definition) is 0. The number of aromatic nitrogens is 2. The van der Waals surface area contributed by atoms with Crippen molar-refractivity contribution in [2.24, 2.45) is 0 Å². The molecular formula is C27H26N2O3. The molecule has 0 aliphatic rings. The van der Waals surface area contributed by atoms with Crippen LogP contribution in [0.1, 0.15) is 30.9 Å². The number of ether oxygens (including phenoxy) is 2. The van der Waals surface area contributed by atoms with Gasteiger partial charge < -0.3 is 9.47 Å². The third kappa shape index (κ3) is 5.24. The van der Waals surface area contributed by atoms with Crippen molar-refractivity contribution in [3.8, 4) is 23.3 Å². The van der Waals surface area contributed by atoms with E-state index in [0.29, 0.717) is 35.9 Å². The van der Waals surface area contributed by atoms with E-state index in [2.05, 4.69) is 12.0 Å². The maximum absolute atomic E-state index is 13.4. The molecule has 0 bridgehead atoms. The third-order valence-corrected chi connectivity index (χ3v) is 5.04. The number of benzene rings is 3. The Balaban J connectivity index is 1.83. The van der Waals surface area contributed by atoms with Gasteiger partial charge in [0.1, 0.15) is 11.5 Å². The second kappa shape index (κ2) is 10.4. The van der Waals surface area contributed by atoms with Crippen molar-refractivity contribution in [1.29, 1.82) is 0 Å². The largest absolute Gasteiger partial charge is 0.439 e. The maximum Gasteiger partial charge on any atom is 0.285 e. The highest BCUT2D eigenvalue weighted by molar-refractivity contribution is 5.37. The molecule has 1 heterocycles. The number of para-hydroxylation sites is 2. The van der Waals surface area contributed by atoms with Crippen molar-refractivity contribution in [3.05, 3.63) is 112 Å². The molecule has 5 nitrogen and oxygen atoms in total. The minimum Gasteiger partial charge on any atom is -0.439 e. The highest BCUT2D eigenvalue weighted by atomic mass is 16.5. The van der Waals surface area contributed by atoms with E-state index in [-0.39, 0.29) is 11.3 Å². The monoisotopic (exact) mass is 426 g/mol. The molecule has 0 spiro atoms. The van der Waals surface area contributed by atoms with Crippen LogP contribution in [0.15, 0.2) is 95.8 Å². The summed E-state index contributed by atoms with van der Waals surface area (Å²) in [5.41, 5.74) is 1.39. The molecule has 4 aromatic rings. The van der Waals surface area contributed by atoms with Crippen LogP contribution in [0, 0.1) is 0 Å². The summed E-state index contributed by atoms with van der Waals surface area (Å²) in [6, 6.07) is 28.7. The highest BCUT2D eigenvalue weighted by Crippen LogP contribution is 2.27. The number of unbranched alkanes of at least 4 members (excludes halogenated alkanes) is 1. The molecule has 0 aliphatic heterocycles. The van der Waals surface area contributed by atoms with Gasteiger partial charge in [0.05, 0.1) is 12.1 Å². The van der Waals surface area contributed by atoms with Crippen molar-refractivity contribution in [1.82, 2.24) is 9.78 Å². The Morgan fingerprint density at radius 2 is 1.34 bits per heavy atom. The Bertz CT molecular complexity index is 1190. The van der Waals surface area contributed by atoms with E-state index in [1.165, 1.54) is 0 Å². The van der Waals surface area contributed by atoms with Gasteiger partial charge in [0.25, 0.3) is 11.3 Å². The van der Waals surface area contributed by atoms with E-state index < -0.39 is 0 Å². The van der Waals surface area contributed by atoms with Gasteiger partial charge in [0.15, 0.2) is 0 Å². The van der Waals surface area contributed by atoms with Gasteiger partial charge in [-0.1, -0.05) is 80.1 Å². The van der Waals surface area contributed by atoms with Crippen molar-refractivity contribution in [2.75, 3.05) is 0 Å². The molecule has 0 saturated carbocycles. The Hall–Kier alpha value is -3.86. The van der Waals surface area contributed by atoms with Crippen LogP contribution in [0.25, 0.3) is 0 Å². The van der Waals surface area contributed by atoms with Gasteiger partial charge in [0, 0.05) is 0 Å². The van der Waals surface area contributed by atoms with Crippen LogP contribution in [0.5, 0.6) is 23.3 Å². The summed E-state index contributed by atoms with van der Waals surface area (Å²) in [7, 11) is 0. The van der Waals surface area contributed by atoms with Crippen LogP contribution in [0.2, 0.25) is 0 Å². The first-order valence-electron chi connectivity index (χ1n) is 10.9. The van der Waals surface area contributed by atoms with E-state index in [0.717, 1.165) is 18.4 Å². The summed E-state index contributed by atoms with van der Waals surface area (Å²) >= 11 is 0. The molecule has 32 heavy (non-hydrogen) atoms. The van der Waals surface area contributed by atoms with Crippen molar-refractivity contribution in [2.45, 2.75) is 32.7 Å². The molecular weight excluding hydrogens is 400 g/mol. The molecule has 0 atom stereocenters. The van der Waals surface area contributed by atoms with Gasteiger partial charge in [0.2, 0.25) is 5.88 Å². The highest BCUT2D eigenvalue weighted by Gasteiger charge is 2.21. The van der Waals surface area contributed by atoms with E-state index in [9.17, 15) is 4.79 Å². The van der Waals surface area contributed by atoms with Crippen molar-refractivity contribution >= 4 is 0 Å². The third-order valence-electron chi connectivity index (χ3n) is 5.04. The average molecular weight is 427 g/mol. The molecule has 0 radical (unpaired) electrons. The first-order valence-corrected chi connectivity index (χ1v) is 10.9. The summed E-state index contributed by atoms with van der Waals surface area (Å²) in [5.74, 6) is 1.74. The second-order valence-corrected chi connectivity index (χ2v) is 7.50. The van der Waals surface area contributed by atoms with Crippen LogP contribution >= 0.6 is 0 Å². The van der Waals surface area contributed by atoms with Crippen LogP contribution in [0.3, 0.4) is 0 Å². The molecule has 3 aromatic carbocycles. The zero-order valence-electron chi connectivity index (χ0n) is 18.1. The van der Waals surface area contributed by atoms with Gasteiger partial charge >= 0.3 is 0 Å². The van der Waals surface area contributed by atoms with Crippen molar-refractivity contribution < 1.29 is 9.47 Å².